The van der Waals surface area contributed by atoms with E-state index in [1.807, 2.05) is 24.3 Å². The molecule has 5 heterocycles. The van der Waals surface area contributed by atoms with Crippen LogP contribution >= 0.6 is 0 Å². The van der Waals surface area contributed by atoms with Gasteiger partial charge in [-0.3, -0.25) is 24.6 Å². The maximum atomic E-state index is 13.2. The van der Waals surface area contributed by atoms with Gasteiger partial charge in [-0.2, -0.15) is 0 Å². The van der Waals surface area contributed by atoms with Gasteiger partial charge in [0, 0.05) is 40.5 Å². The number of ether oxygens (including phenoxy) is 1. The minimum Gasteiger partial charge on any atom is -0.492 e. The first-order valence-electron chi connectivity index (χ1n) is 12.6. The molecule has 1 spiro atoms. The number of nitrogens with zero attached hydrogens (tertiary/aromatic N) is 2. The monoisotopic (exact) mass is 485 g/mol. The lowest BCUT2D eigenvalue weighted by molar-refractivity contribution is -0.136. The highest BCUT2D eigenvalue weighted by Crippen LogP contribution is 2.49. The Morgan fingerprint density at radius 2 is 1.92 bits per heavy atom. The van der Waals surface area contributed by atoms with Gasteiger partial charge in [0.15, 0.2) is 0 Å². The van der Waals surface area contributed by atoms with Crippen molar-refractivity contribution in [3.8, 4) is 5.75 Å². The molecule has 36 heavy (non-hydrogen) atoms. The van der Waals surface area contributed by atoms with Gasteiger partial charge in [-0.1, -0.05) is 18.2 Å². The highest BCUT2D eigenvalue weighted by molar-refractivity contribution is 6.05. The standard InChI is InChI=1S/C28H27N3O5/c32-24-7-6-22(26(33)29-24)31-15-20-19(27(31)34)4-5-21-25(20)36-16-28(21)9-11-30(12-10-28)14-17-2-1-3-23-18(17)8-13-35-23/h1-5,8,13,22H,6-7,9-12,14-16H2,(H,29,32,33). The summed E-state index contributed by atoms with van der Waals surface area (Å²) in [5, 5.41) is 3.54. The number of furan rings is 1. The third-order valence-corrected chi connectivity index (χ3v) is 8.52. The van der Waals surface area contributed by atoms with Crippen molar-refractivity contribution >= 4 is 28.7 Å². The highest BCUT2D eigenvalue weighted by Gasteiger charge is 2.47. The first-order valence-corrected chi connectivity index (χ1v) is 12.6. The summed E-state index contributed by atoms with van der Waals surface area (Å²) in [6.45, 7) is 3.79. The molecular weight excluding hydrogens is 458 g/mol. The maximum absolute atomic E-state index is 13.2. The number of imide groups is 1. The molecule has 0 aliphatic carbocycles. The number of likely N-dealkylation sites (tertiary alicyclic amines) is 1. The van der Waals surface area contributed by atoms with Crippen molar-refractivity contribution in [3.05, 3.63) is 64.9 Å². The first kappa shape index (κ1) is 21.6. The van der Waals surface area contributed by atoms with E-state index < -0.39 is 6.04 Å². The Balaban J connectivity index is 1.10. The number of amides is 3. The SMILES string of the molecule is O=C1CCC(N2Cc3c(ccc4c3OCC43CCN(Cc4cccc5occc45)CC3)C2=O)C(=O)N1. The minimum atomic E-state index is -0.614. The molecule has 1 aromatic heterocycles. The Morgan fingerprint density at radius 1 is 1.06 bits per heavy atom. The van der Waals surface area contributed by atoms with Crippen LogP contribution in [-0.2, 0) is 28.1 Å². The smallest absolute Gasteiger partial charge is 0.255 e. The number of carbonyl (C=O) groups excluding carboxylic acids is 3. The number of carbonyl (C=O) groups is 3. The molecule has 184 valence electrons. The van der Waals surface area contributed by atoms with E-state index in [9.17, 15) is 14.4 Å². The maximum Gasteiger partial charge on any atom is 0.255 e. The Bertz CT molecular complexity index is 1420. The number of hydrogen-bond donors (Lipinski definition) is 1. The van der Waals surface area contributed by atoms with Crippen LogP contribution in [0, 0.1) is 0 Å². The quantitative estimate of drug-likeness (QED) is 0.573. The Labute approximate surface area is 208 Å². The molecule has 1 N–H and O–H groups in total. The summed E-state index contributed by atoms with van der Waals surface area (Å²) >= 11 is 0. The molecular formula is C28H27N3O5. The van der Waals surface area contributed by atoms with Gasteiger partial charge in [0.1, 0.15) is 17.4 Å². The molecule has 7 rings (SSSR count). The molecule has 4 aliphatic heterocycles. The van der Waals surface area contributed by atoms with Crippen LogP contribution in [0.1, 0.15) is 52.7 Å². The van der Waals surface area contributed by atoms with E-state index >= 15 is 0 Å². The molecule has 4 aliphatic rings. The lowest BCUT2D eigenvalue weighted by Crippen LogP contribution is -2.52. The zero-order valence-electron chi connectivity index (χ0n) is 19.9. The fraction of sp³-hybridized carbons (Fsp3) is 0.393. The first-order chi connectivity index (χ1) is 17.5. The Morgan fingerprint density at radius 3 is 2.75 bits per heavy atom. The lowest BCUT2D eigenvalue weighted by atomic mass is 9.74. The van der Waals surface area contributed by atoms with Gasteiger partial charge in [-0.15, -0.1) is 0 Å². The molecule has 1 atom stereocenters. The predicted octanol–water partition coefficient (Wildman–Crippen LogP) is 3.12. The van der Waals surface area contributed by atoms with Crippen molar-refractivity contribution in [2.75, 3.05) is 19.7 Å². The van der Waals surface area contributed by atoms with E-state index in [0.717, 1.165) is 49.4 Å². The average molecular weight is 486 g/mol. The van der Waals surface area contributed by atoms with Crippen molar-refractivity contribution in [3.63, 3.8) is 0 Å². The third kappa shape index (κ3) is 3.20. The molecule has 0 saturated carbocycles. The van der Waals surface area contributed by atoms with E-state index in [1.165, 1.54) is 16.5 Å². The van der Waals surface area contributed by atoms with E-state index in [2.05, 4.69) is 22.3 Å². The summed E-state index contributed by atoms with van der Waals surface area (Å²) < 4.78 is 11.9. The molecule has 8 nitrogen and oxygen atoms in total. The van der Waals surface area contributed by atoms with Crippen molar-refractivity contribution < 1.29 is 23.5 Å². The van der Waals surface area contributed by atoms with Crippen molar-refractivity contribution in [2.24, 2.45) is 0 Å². The molecule has 3 aromatic rings. The largest absolute Gasteiger partial charge is 0.492 e. The molecule has 0 bridgehead atoms. The third-order valence-electron chi connectivity index (χ3n) is 8.52. The second-order valence-corrected chi connectivity index (χ2v) is 10.5. The summed E-state index contributed by atoms with van der Waals surface area (Å²) in [7, 11) is 0. The molecule has 2 saturated heterocycles. The number of benzene rings is 2. The summed E-state index contributed by atoms with van der Waals surface area (Å²) in [5.41, 5.74) is 4.84. The van der Waals surface area contributed by atoms with Crippen LogP contribution in [0.2, 0.25) is 0 Å². The van der Waals surface area contributed by atoms with Gasteiger partial charge in [0.25, 0.3) is 5.91 Å². The van der Waals surface area contributed by atoms with Crippen molar-refractivity contribution in [2.45, 2.75) is 50.2 Å². The molecule has 2 fully saturated rings. The molecule has 3 amide bonds. The van der Waals surface area contributed by atoms with Gasteiger partial charge in [-0.05, 0) is 56.1 Å². The van der Waals surface area contributed by atoms with Crippen LogP contribution in [0.25, 0.3) is 11.0 Å². The van der Waals surface area contributed by atoms with Crippen LogP contribution < -0.4 is 10.1 Å². The Hall–Kier alpha value is -3.65. The van der Waals surface area contributed by atoms with Crippen molar-refractivity contribution in [1.82, 2.24) is 15.1 Å². The van der Waals surface area contributed by atoms with Crippen LogP contribution in [-0.4, -0.2) is 53.3 Å². The predicted molar refractivity (Wildman–Crippen MR) is 130 cm³/mol. The Kier molecular flexibility index (Phi) is 4.76. The van der Waals surface area contributed by atoms with Gasteiger partial charge >= 0.3 is 0 Å². The highest BCUT2D eigenvalue weighted by atomic mass is 16.5. The van der Waals surface area contributed by atoms with E-state index in [1.54, 1.807) is 11.2 Å². The topological polar surface area (TPSA) is 92.1 Å². The van der Waals surface area contributed by atoms with Gasteiger partial charge in [0.2, 0.25) is 11.8 Å². The molecule has 2 aromatic carbocycles. The summed E-state index contributed by atoms with van der Waals surface area (Å²) in [6, 6.07) is 11.6. The number of piperidine rings is 2. The molecule has 0 radical (unpaired) electrons. The second-order valence-electron chi connectivity index (χ2n) is 10.5. The van der Waals surface area contributed by atoms with Gasteiger partial charge in [-0.25, -0.2) is 0 Å². The van der Waals surface area contributed by atoms with E-state index in [0.29, 0.717) is 25.1 Å². The fourth-order valence-corrected chi connectivity index (χ4v) is 6.47. The number of fused-ring (bicyclic) bond motifs is 5. The average Bonchev–Trinajstić information content (AvgIpc) is 3.58. The summed E-state index contributed by atoms with van der Waals surface area (Å²) in [5.74, 6) is 0.00152. The summed E-state index contributed by atoms with van der Waals surface area (Å²) in [4.78, 5) is 41.2. The lowest BCUT2D eigenvalue weighted by Gasteiger charge is -2.38. The van der Waals surface area contributed by atoms with Crippen LogP contribution in [0.5, 0.6) is 5.75 Å². The minimum absolute atomic E-state index is 0.0480. The van der Waals surface area contributed by atoms with Gasteiger partial charge in [0.05, 0.1) is 19.4 Å². The molecule has 8 heteroatoms. The molecule has 1 unspecified atom stereocenters. The number of hydrogen-bond acceptors (Lipinski definition) is 6. The van der Waals surface area contributed by atoms with Gasteiger partial charge < -0.3 is 14.1 Å². The summed E-state index contributed by atoms with van der Waals surface area (Å²) in [6.07, 6.45) is 4.34. The van der Waals surface area contributed by atoms with Crippen LogP contribution in [0.4, 0.5) is 0 Å². The van der Waals surface area contributed by atoms with Crippen LogP contribution in [0.3, 0.4) is 0 Å². The van der Waals surface area contributed by atoms with E-state index in [-0.39, 0.29) is 29.6 Å². The number of nitrogens with one attached hydrogen (secondary N) is 1. The second kappa shape index (κ2) is 7.93. The zero-order chi connectivity index (χ0) is 24.4. The zero-order valence-corrected chi connectivity index (χ0v) is 19.9. The fourth-order valence-electron chi connectivity index (χ4n) is 6.47. The normalized spacial score (nSPS) is 23.2. The van der Waals surface area contributed by atoms with Crippen molar-refractivity contribution in [1.29, 1.82) is 0 Å². The number of rotatable bonds is 3. The van der Waals surface area contributed by atoms with E-state index in [4.69, 9.17) is 9.15 Å². The van der Waals surface area contributed by atoms with Crippen LogP contribution in [0.15, 0.2) is 47.1 Å².